The molecule has 4 rings (SSSR count). The molecule has 1 atom stereocenters. The van der Waals surface area contributed by atoms with Gasteiger partial charge in [-0.2, -0.15) is 5.10 Å². The molecule has 0 aliphatic rings. The van der Waals surface area contributed by atoms with Gasteiger partial charge in [0, 0.05) is 17.8 Å². The highest BCUT2D eigenvalue weighted by Gasteiger charge is 2.18. The summed E-state index contributed by atoms with van der Waals surface area (Å²) in [5, 5.41) is 8.67. The Hall–Kier alpha value is -2.99. The second-order valence-electron chi connectivity index (χ2n) is 6.14. The first-order valence-electron chi connectivity index (χ1n) is 8.39. The van der Waals surface area contributed by atoms with Gasteiger partial charge >= 0.3 is 0 Å². The number of fused-ring (bicyclic) bond motifs is 1. The van der Waals surface area contributed by atoms with Crippen molar-refractivity contribution in [3.05, 3.63) is 77.1 Å². The van der Waals surface area contributed by atoms with Gasteiger partial charge in [-0.15, -0.1) is 11.3 Å². The van der Waals surface area contributed by atoms with Gasteiger partial charge in [0.1, 0.15) is 4.83 Å². The summed E-state index contributed by atoms with van der Waals surface area (Å²) in [7, 11) is 0. The van der Waals surface area contributed by atoms with E-state index in [0.717, 1.165) is 27.2 Å². The monoisotopic (exact) mass is 362 g/mol. The zero-order chi connectivity index (χ0) is 18.1. The average molecular weight is 362 g/mol. The number of carbonyl (C=O) groups is 1. The molecule has 3 aromatic heterocycles. The van der Waals surface area contributed by atoms with E-state index in [-0.39, 0.29) is 11.9 Å². The number of thiophene rings is 1. The smallest absolute Gasteiger partial charge is 0.261 e. The van der Waals surface area contributed by atoms with Crippen molar-refractivity contribution >= 4 is 27.5 Å². The van der Waals surface area contributed by atoms with Crippen LogP contribution in [0.15, 0.2) is 60.9 Å². The third kappa shape index (κ3) is 2.99. The number of aromatic nitrogens is 3. The van der Waals surface area contributed by atoms with Gasteiger partial charge in [0.25, 0.3) is 5.91 Å². The third-order valence-corrected chi connectivity index (χ3v) is 5.41. The molecule has 0 aliphatic heterocycles. The molecule has 6 heteroatoms. The molecule has 0 saturated carbocycles. The molecule has 0 radical (unpaired) electrons. The van der Waals surface area contributed by atoms with E-state index in [1.807, 2.05) is 67.1 Å². The Labute approximate surface area is 155 Å². The Morgan fingerprint density at radius 1 is 1.19 bits per heavy atom. The minimum Gasteiger partial charge on any atom is -0.345 e. The van der Waals surface area contributed by atoms with E-state index in [0.29, 0.717) is 4.88 Å². The van der Waals surface area contributed by atoms with Gasteiger partial charge in [-0.05, 0) is 43.7 Å². The van der Waals surface area contributed by atoms with Crippen molar-refractivity contribution in [3.8, 4) is 5.69 Å². The van der Waals surface area contributed by atoms with Crippen molar-refractivity contribution < 1.29 is 4.79 Å². The molecule has 4 aromatic rings. The topological polar surface area (TPSA) is 59.8 Å². The molecule has 130 valence electrons. The normalized spacial score (nSPS) is 12.2. The molecule has 1 amide bonds. The van der Waals surface area contributed by atoms with E-state index in [2.05, 4.69) is 15.4 Å². The summed E-state index contributed by atoms with van der Waals surface area (Å²) in [6, 6.07) is 15.6. The Kier molecular flexibility index (Phi) is 4.26. The molecule has 0 bridgehead atoms. The Balaban J connectivity index is 1.64. The second-order valence-corrected chi connectivity index (χ2v) is 7.17. The predicted octanol–water partition coefficient (Wildman–Crippen LogP) is 4.28. The lowest BCUT2D eigenvalue weighted by molar-refractivity contribution is 0.0944. The highest BCUT2D eigenvalue weighted by atomic mass is 32.1. The van der Waals surface area contributed by atoms with Crippen LogP contribution in [0.4, 0.5) is 0 Å². The summed E-state index contributed by atoms with van der Waals surface area (Å²) in [6.07, 6.45) is 3.50. The number of hydrogen-bond acceptors (Lipinski definition) is 4. The van der Waals surface area contributed by atoms with E-state index in [9.17, 15) is 4.79 Å². The van der Waals surface area contributed by atoms with E-state index >= 15 is 0 Å². The summed E-state index contributed by atoms with van der Waals surface area (Å²) < 4.78 is 1.90. The van der Waals surface area contributed by atoms with Gasteiger partial charge in [-0.1, -0.05) is 24.3 Å². The number of rotatable bonds is 4. The summed E-state index contributed by atoms with van der Waals surface area (Å²) in [4.78, 5) is 18.5. The number of nitrogens with one attached hydrogen (secondary N) is 1. The molecule has 0 saturated heterocycles. The van der Waals surface area contributed by atoms with E-state index in [1.165, 1.54) is 11.3 Å². The molecule has 26 heavy (non-hydrogen) atoms. The number of hydrogen-bond donors (Lipinski definition) is 1. The van der Waals surface area contributed by atoms with Crippen molar-refractivity contribution in [2.45, 2.75) is 19.9 Å². The van der Waals surface area contributed by atoms with Gasteiger partial charge in [0.15, 0.2) is 0 Å². The van der Waals surface area contributed by atoms with Crippen molar-refractivity contribution in [2.75, 3.05) is 0 Å². The number of amides is 1. The number of nitrogens with zero attached hydrogens (tertiary/aromatic N) is 3. The highest BCUT2D eigenvalue weighted by molar-refractivity contribution is 7.20. The fourth-order valence-electron chi connectivity index (χ4n) is 2.89. The quantitative estimate of drug-likeness (QED) is 0.589. The minimum absolute atomic E-state index is 0.0819. The maximum absolute atomic E-state index is 12.7. The fourth-order valence-corrected chi connectivity index (χ4v) is 3.97. The van der Waals surface area contributed by atoms with Crippen LogP contribution in [0.5, 0.6) is 0 Å². The third-order valence-electron chi connectivity index (χ3n) is 4.30. The molecule has 3 heterocycles. The average Bonchev–Trinajstić information content (AvgIpc) is 3.24. The Morgan fingerprint density at radius 2 is 2.00 bits per heavy atom. The van der Waals surface area contributed by atoms with Gasteiger partial charge in [0.05, 0.1) is 22.3 Å². The van der Waals surface area contributed by atoms with E-state index in [4.69, 9.17) is 0 Å². The fraction of sp³-hybridized carbons (Fsp3) is 0.150. The van der Waals surface area contributed by atoms with Crippen LogP contribution in [-0.2, 0) is 0 Å². The van der Waals surface area contributed by atoms with Gasteiger partial charge < -0.3 is 5.32 Å². The van der Waals surface area contributed by atoms with Crippen LogP contribution in [0, 0.1) is 6.92 Å². The molecule has 5 nitrogen and oxygen atoms in total. The lowest BCUT2D eigenvalue weighted by Gasteiger charge is -2.12. The Morgan fingerprint density at radius 3 is 2.73 bits per heavy atom. The number of pyridine rings is 1. The number of carbonyl (C=O) groups excluding carboxylic acids is 1. The maximum Gasteiger partial charge on any atom is 0.261 e. The van der Waals surface area contributed by atoms with Gasteiger partial charge in [0.2, 0.25) is 0 Å². The number of benzene rings is 1. The zero-order valence-corrected chi connectivity index (χ0v) is 15.3. The molecule has 1 N–H and O–H groups in total. The first kappa shape index (κ1) is 16.5. The first-order valence-corrected chi connectivity index (χ1v) is 9.20. The summed E-state index contributed by atoms with van der Waals surface area (Å²) in [5.74, 6) is -0.0819. The zero-order valence-electron chi connectivity index (χ0n) is 14.5. The first-order chi connectivity index (χ1) is 12.6. The molecule has 0 unspecified atom stereocenters. The summed E-state index contributed by atoms with van der Waals surface area (Å²) in [6.45, 7) is 3.92. The Bertz CT molecular complexity index is 1050. The van der Waals surface area contributed by atoms with Crippen LogP contribution in [-0.4, -0.2) is 20.7 Å². The SMILES string of the molecule is Cc1nn(-c2ccccc2)c2sc(C(=O)N[C@@H](C)c3cccnc3)cc12. The predicted molar refractivity (Wildman–Crippen MR) is 104 cm³/mol. The molecular weight excluding hydrogens is 344 g/mol. The lowest BCUT2D eigenvalue weighted by Crippen LogP contribution is -2.25. The largest absolute Gasteiger partial charge is 0.345 e. The maximum atomic E-state index is 12.7. The van der Waals surface area contributed by atoms with Crippen molar-refractivity contribution in [2.24, 2.45) is 0 Å². The van der Waals surface area contributed by atoms with Crippen molar-refractivity contribution in [3.63, 3.8) is 0 Å². The highest BCUT2D eigenvalue weighted by Crippen LogP contribution is 2.30. The lowest BCUT2D eigenvalue weighted by atomic mass is 10.1. The van der Waals surface area contributed by atoms with Crippen LogP contribution in [0.1, 0.15) is 33.9 Å². The number of para-hydroxylation sites is 1. The van der Waals surface area contributed by atoms with E-state index < -0.39 is 0 Å². The van der Waals surface area contributed by atoms with Crippen LogP contribution in [0.25, 0.3) is 15.9 Å². The number of aryl methyl sites for hydroxylation is 1. The van der Waals surface area contributed by atoms with E-state index in [1.54, 1.807) is 12.4 Å². The van der Waals surface area contributed by atoms with Crippen molar-refractivity contribution in [1.82, 2.24) is 20.1 Å². The molecule has 0 aliphatic carbocycles. The van der Waals surface area contributed by atoms with Crippen LogP contribution in [0.2, 0.25) is 0 Å². The summed E-state index contributed by atoms with van der Waals surface area (Å²) >= 11 is 1.46. The van der Waals surface area contributed by atoms with Gasteiger partial charge in [-0.3, -0.25) is 9.78 Å². The molecule has 0 spiro atoms. The van der Waals surface area contributed by atoms with Gasteiger partial charge in [-0.25, -0.2) is 4.68 Å². The van der Waals surface area contributed by atoms with Crippen LogP contribution >= 0.6 is 11.3 Å². The summed E-state index contributed by atoms with van der Waals surface area (Å²) in [5.41, 5.74) is 2.89. The second kappa shape index (κ2) is 6.72. The molecular formula is C20H18N4OS. The van der Waals surface area contributed by atoms with Crippen molar-refractivity contribution in [1.29, 1.82) is 0 Å². The molecule has 0 fully saturated rings. The van der Waals surface area contributed by atoms with Crippen LogP contribution < -0.4 is 5.32 Å². The molecule has 1 aromatic carbocycles. The standard InChI is InChI=1S/C20H18N4OS/c1-13(15-7-6-10-21-12-15)22-19(25)18-11-17-14(2)23-24(20(17)26-18)16-8-4-3-5-9-16/h3-13H,1-2H3,(H,22,25)/t13-/m0/s1. The van der Waals surface area contributed by atoms with Crippen LogP contribution in [0.3, 0.4) is 0 Å². The minimum atomic E-state index is -0.104.